The highest BCUT2D eigenvalue weighted by Crippen LogP contribution is 2.30. The molecular formula is C17H28O. The molecule has 0 aliphatic heterocycles. The maximum Gasteiger partial charge on any atom is 0.0797 e. The highest BCUT2D eigenvalue weighted by atomic mass is 16.3. The smallest absolute Gasteiger partial charge is 0.0797 e. The van der Waals surface area contributed by atoms with Crippen molar-refractivity contribution in [1.82, 2.24) is 0 Å². The van der Waals surface area contributed by atoms with Crippen molar-refractivity contribution in [1.29, 1.82) is 0 Å². The van der Waals surface area contributed by atoms with Gasteiger partial charge in [0.25, 0.3) is 0 Å². The quantitative estimate of drug-likeness (QED) is 0.799. The Hall–Kier alpha value is -0.820. The zero-order valence-electron chi connectivity index (χ0n) is 12.7. The number of rotatable bonds is 5. The second-order valence-corrected chi connectivity index (χ2v) is 6.30. The van der Waals surface area contributed by atoms with Crippen LogP contribution in [0.2, 0.25) is 0 Å². The van der Waals surface area contributed by atoms with E-state index in [9.17, 15) is 5.11 Å². The van der Waals surface area contributed by atoms with E-state index in [1.54, 1.807) is 0 Å². The summed E-state index contributed by atoms with van der Waals surface area (Å²) in [5, 5.41) is 10.5. The van der Waals surface area contributed by atoms with Crippen LogP contribution in [-0.2, 0) is 0 Å². The second-order valence-electron chi connectivity index (χ2n) is 6.30. The van der Waals surface area contributed by atoms with E-state index in [1.807, 2.05) is 0 Å². The molecule has 0 aliphatic carbocycles. The summed E-state index contributed by atoms with van der Waals surface area (Å²) in [4.78, 5) is 0. The lowest BCUT2D eigenvalue weighted by atomic mass is 9.88. The predicted molar refractivity (Wildman–Crippen MR) is 78.8 cm³/mol. The lowest BCUT2D eigenvalue weighted by Gasteiger charge is -2.21. The number of hydrogen-bond acceptors (Lipinski definition) is 1. The van der Waals surface area contributed by atoms with Crippen LogP contribution in [0.1, 0.15) is 62.0 Å². The molecule has 1 aromatic rings. The molecule has 2 unspecified atom stereocenters. The van der Waals surface area contributed by atoms with Gasteiger partial charge in [-0.3, -0.25) is 0 Å². The standard InChI is InChI=1S/C17H28O/c1-11(2)7-12(3)10-16(18)17-14(5)8-13(4)9-15(17)6/h8-9,11-12,16,18H,7,10H2,1-6H3. The van der Waals surface area contributed by atoms with Crippen LogP contribution in [0.5, 0.6) is 0 Å². The van der Waals surface area contributed by atoms with Crippen LogP contribution in [-0.4, -0.2) is 5.11 Å². The normalized spacial score (nSPS) is 14.9. The molecule has 1 aromatic carbocycles. The second kappa shape index (κ2) is 6.38. The van der Waals surface area contributed by atoms with Crippen molar-refractivity contribution in [3.63, 3.8) is 0 Å². The molecule has 18 heavy (non-hydrogen) atoms. The number of aryl methyl sites for hydroxylation is 3. The summed E-state index contributed by atoms with van der Waals surface area (Å²) in [6.07, 6.45) is 1.73. The zero-order valence-corrected chi connectivity index (χ0v) is 12.7. The number of aliphatic hydroxyl groups is 1. The van der Waals surface area contributed by atoms with Crippen molar-refractivity contribution in [2.45, 2.75) is 60.5 Å². The summed E-state index contributed by atoms with van der Waals surface area (Å²) >= 11 is 0. The van der Waals surface area contributed by atoms with Crippen LogP contribution >= 0.6 is 0 Å². The molecule has 1 nitrogen and oxygen atoms in total. The molecule has 1 heteroatoms. The Bertz CT molecular complexity index is 370. The van der Waals surface area contributed by atoms with Gasteiger partial charge < -0.3 is 5.11 Å². The van der Waals surface area contributed by atoms with Crippen LogP contribution in [0.3, 0.4) is 0 Å². The monoisotopic (exact) mass is 248 g/mol. The zero-order chi connectivity index (χ0) is 13.9. The highest BCUT2D eigenvalue weighted by Gasteiger charge is 2.17. The Kier molecular flexibility index (Phi) is 5.40. The molecule has 0 saturated carbocycles. The Morgan fingerprint density at radius 3 is 1.89 bits per heavy atom. The summed E-state index contributed by atoms with van der Waals surface area (Å²) in [7, 11) is 0. The van der Waals surface area contributed by atoms with Crippen molar-refractivity contribution >= 4 is 0 Å². The van der Waals surface area contributed by atoms with Crippen molar-refractivity contribution in [2.75, 3.05) is 0 Å². The van der Waals surface area contributed by atoms with Crippen LogP contribution in [0.4, 0.5) is 0 Å². The fraction of sp³-hybridized carbons (Fsp3) is 0.647. The van der Waals surface area contributed by atoms with E-state index in [-0.39, 0.29) is 6.10 Å². The summed E-state index contributed by atoms with van der Waals surface area (Å²) in [5.74, 6) is 1.27. The molecule has 0 aliphatic rings. The summed E-state index contributed by atoms with van der Waals surface area (Å²) in [6.45, 7) is 13.0. The van der Waals surface area contributed by atoms with Gasteiger partial charge in [-0.05, 0) is 62.1 Å². The molecule has 102 valence electrons. The Morgan fingerprint density at radius 2 is 1.44 bits per heavy atom. The molecule has 0 spiro atoms. The Balaban J connectivity index is 2.81. The maximum atomic E-state index is 10.5. The minimum atomic E-state index is -0.320. The van der Waals surface area contributed by atoms with E-state index < -0.39 is 0 Å². The molecule has 0 aromatic heterocycles. The predicted octanol–water partition coefficient (Wildman–Crippen LogP) is 4.72. The van der Waals surface area contributed by atoms with Gasteiger partial charge in [0.2, 0.25) is 0 Å². The van der Waals surface area contributed by atoms with Crippen LogP contribution in [0.15, 0.2) is 12.1 Å². The van der Waals surface area contributed by atoms with Gasteiger partial charge in [0.15, 0.2) is 0 Å². The molecule has 1 rings (SSSR count). The average molecular weight is 248 g/mol. The third-order valence-electron chi connectivity index (χ3n) is 3.57. The van der Waals surface area contributed by atoms with Crippen LogP contribution in [0, 0.1) is 32.6 Å². The summed E-state index contributed by atoms with van der Waals surface area (Å²) < 4.78 is 0. The molecule has 0 bridgehead atoms. The molecular weight excluding hydrogens is 220 g/mol. The van der Waals surface area contributed by atoms with E-state index in [0.717, 1.165) is 12.0 Å². The van der Waals surface area contributed by atoms with Gasteiger partial charge in [-0.2, -0.15) is 0 Å². The fourth-order valence-corrected chi connectivity index (χ4v) is 3.12. The van der Waals surface area contributed by atoms with Gasteiger partial charge in [0.1, 0.15) is 0 Å². The topological polar surface area (TPSA) is 20.2 Å². The largest absolute Gasteiger partial charge is 0.388 e. The van der Waals surface area contributed by atoms with Crippen LogP contribution < -0.4 is 0 Å². The summed E-state index contributed by atoms with van der Waals surface area (Å²) in [6, 6.07) is 4.33. The number of benzene rings is 1. The first-order valence-corrected chi connectivity index (χ1v) is 7.07. The van der Waals surface area contributed by atoms with E-state index in [4.69, 9.17) is 0 Å². The number of aliphatic hydroxyl groups excluding tert-OH is 1. The van der Waals surface area contributed by atoms with E-state index >= 15 is 0 Å². The molecule has 2 atom stereocenters. The minimum Gasteiger partial charge on any atom is -0.388 e. The summed E-state index contributed by atoms with van der Waals surface area (Å²) in [5.41, 5.74) is 4.85. The third kappa shape index (κ3) is 4.13. The van der Waals surface area contributed by atoms with Gasteiger partial charge >= 0.3 is 0 Å². The Labute approximate surface area is 112 Å². The SMILES string of the molecule is Cc1cc(C)c(C(O)CC(C)CC(C)C)c(C)c1. The lowest BCUT2D eigenvalue weighted by molar-refractivity contribution is 0.140. The van der Waals surface area contributed by atoms with Crippen molar-refractivity contribution in [3.05, 3.63) is 34.4 Å². The van der Waals surface area contributed by atoms with Gasteiger partial charge in [-0.1, -0.05) is 38.5 Å². The van der Waals surface area contributed by atoms with Crippen molar-refractivity contribution in [3.8, 4) is 0 Å². The molecule has 0 saturated heterocycles. The van der Waals surface area contributed by atoms with E-state index in [2.05, 4.69) is 53.7 Å². The minimum absolute atomic E-state index is 0.320. The van der Waals surface area contributed by atoms with Crippen molar-refractivity contribution in [2.24, 2.45) is 11.8 Å². The first-order chi connectivity index (χ1) is 8.31. The lowest BCUT2D eigenvalue weighted by Crippen LogP contribution is -2.09. The van der Waals surface area contributed by atoms with Crippen LogP contribution in [0.25, 0.3) is 0 Å². The molecule has 0 amide bonds. The first kappa shape index (κ1) is 15.2. The van der Waals surface area contributed by atoms with E-state index in [0.29, 0.717) is 11.8 Å². The molecule has 0 heterocycles. The third-order valence-corrected chi connectivity index (χ3v) is 3.57. The van der Waals surface area contributed by atoms with Gasteiger partial charge in [0, 0.05) is 0 Å². The average Bonchev–Trinajstić information content (AvgIpc) is 2.12. The highest BCUT2D eigenvalue weighted by molar-refractivity contribution is 5.38. The van der Waals surface area contributed by atoms with Gasteiger partial charge in [-0.25, -0.2) is 0 Å². The fourth-order valence-electron chi connectivity index (χ4n) is 3.12. The molecule has 1 N–H and O–H groups in total. The number of hydrogen-bond donors (Lipinski definition) is 1. The van der Waals surface area contributed by atoms with E-state index in [1.165, 1.54) is 23.1 Å². The first-order valence-electron chi connectivity index (χ1n) is 7.07. The van der Waals surface area contributed by atoms with Gasteiger partial charge in [-0.15, -0.1) is 0 Å². The van der Waals surface area contributed by atoms with Crippen molar-refractivity contribution < 1.29 is 5.11 Å². The molecule has 0 fully saturated rings. The van der Waals surface area contributed by atoms with Gasteiger partial charge in [0.05, 0.1) is 6.10 Å². The Morgan fingerprint density at radius 1 is 0.944 bits per heavy atom. The maximum absolute atomic E-state index is 10.5. The molecule has 0 radical (unpaired) electrons.